The molecule has 17 heavy (non-hydrogen) atoms. The van der Waals surface area contributed by atoms with Gasteiger partial charge in [0.15, 0.2) is 0 Å². The van der Waals surface area contributed by atoms with Crippen molar-refractivity contribution in [2.24, 2.45) is 11.7 Å². The number of halogens is 1. The molecule has 1 aromatic carbocycles. The monoisotopic (exact) mass is 238 g/mol. The Hall–Kier alpha value is -1.91. The highest BCUT2D eigenvalue weighted by Crippen LogP contribution is 2.08. The Labute approximate surface area is 99.0 Å². The first-order valence-electron chi connectivity index (χ1n) is 5.28. The van der Waals surface area contributed by atoms with Crippen molar-refractivity contribution in [2.75, 3.05) is 0 Å². The maximum absolute atomic E-state index is 13.3. The molecule has 3 N–H and O–H groups in total. The van der Waals surface area contributed by atoms with E-state index in [9.17, 15) is 14.0 Å². The van der Waals surface area contributed by atoms with E-state index in [1.165, 1.54) is 18.2 Å². The average Bonchev–Trinajstić information content (AvgIpc) is 2.25. The van der Waals surface area contributed by atoms with Gasteiger partial charge >= 0.3 is 0 Å². The average molecular weight is 238 g/mol. The Balaban J connectivity index is 2.85. The second-order valence-corrected chi connectivity index (χ2v) is 4.08. The van der Waals surface area contributed by atoms with Crippen molar-refractivity contribution >= 4 is 11.8 Å². The van der Waals surface area contributed by atoms with Crippen molar-refractivity contribution < 1.29 is 14.0 Å². The van der Waals surface area contributed by atoms with E-state index >= 15 is 0 Å². The minimum absolute atomic E-state index is 0.0978. The number of nitrogens with one attached hydrogen (secondary N) is 1. The molecule has 0 unspecified atom stereocenters. The molecule has 0 radical (unpaired) electrons. The number of benzene rings is 1. The first kappa shape index (κ1) is 13.2. The Bertz CT molecular complexity index is 432. The molecule has 1 aromatic rings. The SMILES string of the molecule is CC(C)[C@H](NC(=O)c1ccccc1F)C(N)=O. The van der Waals surface area contributed by atoms with Crippen LogP contribution >= 0.6 is 0 Å². The molecular formula is C12H15FN2O2. The smallest absolute Gasteiger partial charge is 0.254 e. The van der Waals surface area contributed by atoms with Crippen molar-refractivity contribution in [3.05, 3.63) is 35.6 Å². The summed E-state index contributed by atoms with van der Waals surface area (Å²) in [6.07, 6.45) is 0. The van der Waals surface area contributed by atoms with E-state index in [4.69, 9.17) is 5.73 Å². The lowest BCUT2D eigenvalue weighted by molar-refractivity contribution is -0.120. The van der Waals surface area contributed by atoms with Crippen LogP contribution in [-0.4, -0.2) is 17.9 Å². The highest BCUT2D eigenvalue weighted by Gasteiger charge is 2.23. The Kier molecular flexibility index (Phi) is 4.20. The van der Waals surface area contributed by atoms with Crippen LogP contribution < -0.4 is 11.1 Å². The molecule has 0 aliphatic heterocycles. The molecular weight excluding hydrogens is 223 g/mol. The molecule has 0 heterocycles. The van der Waals surface area contributed by atoms with Crippen LogP contribution in [0.25, 0.3) is 0 Å². The zero-order valence-electron chi connectivity index (χ0n) is 9.74. The molecule has 0 aromatic heterocycles. The third-order valence-corrected chi connectivity index (χ3v) is 2.38. The van der Waals surface area contributed by atoms with Gasteiger partial charge < -0.3 is 11.1 Å². The summed E-state index contributed by atoms with van der Waals surface area (Å²) in [5, 5.41) is 2.42. The van der Waals surface area contributed by atoms with E-state index in [0.29, 0.717) is 0 Å². The van der Waals surface area contributed by atoms with Gasteiger partial charge in [-0.3, -0.25) is 9.59 Å². The van der Waals surface area contributed by atoms with Crippen LogP contribution in [0.1, 0.15) is 24.2 Å². The van der Waals surface area contributed by atoms with Crippen LogP contribution in [0.2, 0.25) is 0 Å². The zero-order valence-corrected chi connectivity index (χ0v) is 9.74. The zero-order chi connectivity index (χ0) is 13.0. The van der Waals surface area contributed by atoms with E-state index in [2.05, 4.69) is 5.32 Å². The van der Waals surface area contributed by atoms with Crippen molar-refractivity contribution in [3.8, 4) is 0 Å². The molecule has 0 saturated heterocycles. The molecule has 0 bridgehead atoms. The fraction of sp³-hybridized carbons (Fsp3) is 0.333. The first-order chi connectivity index (χ1) is 7.93. The minimum Gasteiger partial charge on any atom is -0.368 e. The third-order valence-electron chi connectivity index (χ3n) is 2.38. The molecule has 0 aliphatic carbocycles. The molecule has 0 fully saturated rings. The van der Waals surface area contributed by atoms with E-state index < -0.39 is 23.7 Å². The number of hydrogen-bond acceptors (Lipinski definition) is 2. The highest BCUT2D eigenvalue weighted by atomic mass is 19.1. The van der Waals surface area contributed by atoms with Gasteiger partial charge in [-0.1, -0.05) is 26.0 Å². The summed E-state index contributed by atoms with van der Waals surface area (Å²) < 4.78 is 13.3. The minimum atomic E-state index is -0.804. The Morgan fingerprint density at radius 2 is 1.88 bits per heavy atom. The summed E-state index contributed by atoms with van der Waals surface area (Å²) in [6, 6.07) is 4.77. The summed E-state index contributed by atoms with van der Waals surface area (Å²) >= 11 is 0. The van der Waals surface area contributed by atoms with Crippen LogP contribution in [0.4, 0.5) is 4.39 Å². The van der Waals surface area contributed by atoms with Crippen molar-refractivity contribution in [2.45, 2.75) is 19.9 Å². The number of amides is 2. The lowest BCUT2D eigenvalue weighted by atomic mass is 10.0. The summed E-state index contributed by atoms with van der Waals surface area (Å²) in [7, 11) is 0. The number of hydrogen-bond donors (Lipinski definition) is 2. The molecule has 1 rings (SSSR count). The predicted molar refractivity (Wildman–Crippen MR) is 61.7 cm³/mol. The number of carbonyl (C=O) groups is 2. The van der Waals surface area contributed by atoms with Gasteiger partial charge in [0.1, 0.15) is 11.9 Å². The normalized spacial score (nSPS) is 12.2. The van der Waals surface area contributed by atoms with Gasteiger partial charge in [-0.2, -0.15) is 0 Å². The highest BCUT2D eigenvalue weighted by molar-refractivity contribution is 5.97. The van der Waals surface area contributed by atoms with Crippen molar-refractivity contribution in [1.29, 1.82) is 0 Å². The van der Waals surface area contributed by atoms with Crippen LogP contribution in [0, 0.1) is 11.7 Å². The Morgan fingerprint density at radius 1 is 1.29 bits per heavy atom. The standard InChI is InChI=1S/C12H15FN2O2/c1-7(2)10(11(14)16)15-12(17)8-5-3-4-6-9(8)13/h3-7,10H,1-2H3,(H2,14,16)(H,15,17)/t10-/m0/s1. The van der Waals surface area contributed by atoms with E-state index in [1.807, 2.05) is 0 Å². The quantitative estimate of drug-likeness (QED) is 0.823. The number of rotatable bonds is 4. The van der Waals surface area contributed by atoms with Crippen molar-refractivity contribution in [1.82, 2.24) is 5.32 Å². The van der Waals surface area contributed by atoms with Crippen molar-refractivity contribution in [3.63, 3.8) is 0 Å². The number of carbonyl (C=O) groups excluding carboxylic acids is 2. The first-order valence-corrected chi connectivity index (χ1v) is 5.28. The van der Waals surface area contributed by atoms with Gasteiger partial charge in [0, 0.05) is 0 Å². The van der Waals surface area contributed by atoms with Gasteiger partial charge in [0.25, 0.3) is 5.91 Å². The van der Waals surface area contributed by atoms with Crippen LogP contribution in [0.15, 0.2) is 24.3 Å². The summed E-state index contributed by atoms with van der Waals surface area (Å²) in [5.74, 6) is -2.05. The summed E-state index contributed by atoms with van der Waals surface area (Å²) in [5.41, 5.74) is 5.06. The van der Waals surface area contributed by atoms with E-state index in [1.54, 1.807) is 19.9 Å². The van der Waals surface area contributed by atoms with Crippen LogP contribution in [0.3, 0.4) is 0 Å². The molecule has 2 amide bonds. The maximum atomic E-state index is 13.3. The fourth-order valence-electron chi connectivity index (χ4n) is 1.43. The molecule has 0 spiro atoms. The predicted octanol–water partition coefficient (Wildman–Crippen LogP) is 1.07. The molecule has 4 nitrogen and oxygen atoms in total. The second-order valence-electron chi connectivity index (χ2n) is 4.08. The summed E-state index contributed by atoms with van der Waals surface area (Å²) in [4.78, 5) is 22.8. The lowest BCUT2D eigenvalue weighted by Gasteiger charge is -2.18. The Morgan fingerprint density at radius 3 is 2.35 bits per heavy atom. The molecule has 5 heteroatoms. The second kappa shape index (κ2) is 5.43. The number of nitrogens with two attached hydrogens (primary N) is 1. The van der Waals surface area contributed by atoms with Gasteiger partial charge in [-0.05, 0) is 18.1 Å². The van der Waals surface area contributed by atoms with Gasteiger partial charge in [-0.25, -0.2) is 4.39 Å². The summed E-state index contributed by atoms with van der Waals surface area (Å²) in [6.45, 7) is 3.49. The van der Waals surface area contributed by atoms with Gasteiger partial charge in [0.05, 0.1) is 5.56 Å². The van der Waals surface area contributed by atoms with Gasteiger partial charge in [-0.15, -0.1) is 0 Å². The van der Waals surface area contributed by atoms with Crippen LogP contribution in [0.5, 0.6) is 0 Å². The van der Waals surface area contributed by atoms with Gasteiger partial charge in [0.2, 0.25) is 5.91 Å². The molecule has 0 saturated carbocycles. The lowest BCUT2D eigenvalue weighted by Crippen LogP contribution is -2.47. The maximum Gasteiger partial charge on any atom is 0.254 e. The fourth-order valence-corrected chi connectivity index (χ4v) is 1.43. The van der Waals surface area contributed by atoms with Crippen LogP contribution in [-0.2, 0) is 4.79 Å². The molecule has 92 valence electrons. The largest absolute Gasteiger partial charge is 0.368 e. The topological polar surface area (TPSA) is 72.2 Å². The van der Waals surface area contributed by atoms with E-state index in [0.717, 1.165) is 0 Å². The molecule has 0 aliphatic rings. The number of primary amides is 1. The molecule has 1 atom stereocenters. The third kappa shape index (κ3) is 3.27. The van der Waals surface area contributed by atoms with E-state index in [-0.39, 0.29) is 11.5 Å².